The van der Waals surface area contributed by atoms with Crippen LogP contribution in [0, 0.1) is 13.8 Å². The number of benzene rings is 3. The molecule has 1 aliphatic heterocycles. The van der Waals surface area contributed by atoms with Crippen molar-refractivity contribution in [1.82, 2.24) is 9.21 Å². The van der Waals surface area contributed by atoms with Crippen molar-refractivity contribution in [2.45, 2.75) is 43.7 Å². The standard InChI is InChI=1S/C29H35ClN4O4S2/c1-5-32(6-2)25-13-11-24(12-14-25)29-33(19-20-34(29)40(37,38)27-17-9-23(4)10-18-27)28(21-30)31-39(35,36)26-15-7-22(3)8-16-26/h7-18,29H,5-6,19-21H2,1-4H3/t29-/m1/s1. The van der Waals surface area contributed by atoms with Crippen molar-refractivity contribution in [1.29, 1.82) is 0 Å². The monoisotopic (exact) mass is 602 g/mol. The van der Waals surface area contributed by atoms with Gasteiger partial charge in [-0.2, -0.15) is 12.7 Å². The number of anilines is 1. The lowest BCUT2D eigenvalue weighted by atomic mass is 10.1. The molecule has 0 aliphatic carbocycles. The number of amidine groups is 1. The molecule has 0 bridgehead atoms. The Morgan fingerprint density at radius 1 is 0.825 bits per heavy atom. The Morgan fingerprint density at radius 3 is 1.85 bits per heavy atom. The normalized spacial score (nSPS) is 16.9. The van der Waals surface area contributed by atoms with Crippen molar-refractivity contribution in [3.05, 3.63) is 89.5 Å². The predicted octanol–water partition coefficient (Wildman–Crippen LogP) is 5.18. The van der Waals surface area contributed by atoms with E-state index in [0.29, 0.717) is 5.56 Å². The van der Waals surface area contributed by atoms with Crippen molar-refractivity contribution >= 4 is 43.2 Å². The number of aryl methyl sites for hydroxylation is 2. The fourth-order valence-electron chi connectivity index (χ4n) is 4.82. The number of sulfonamides is 2. The highest BCUT2D eigenvalue weighted by Gasteiger charge is 2.42. The lowest BCUT2D eigenvalue weighted by Crippen LogP contribution is -2.39. The highest BCUT2D eigenvalue weighted by molar-refractivity contribution is 7.90. The zero-order chi connectivity index (χ0) is 29.1. The minimum atomic E-state index is -4.08. The van der Waals surface area contributed by atoms with Crippen LogP contribution in [0.1, 0.15) is 36.7 Å². The van der Waals surface area contributed by atoms with Crippen LogP contribution in [0.25, 0.3) is 0 Å². The van der Waals surface area contributed by atoms with E-state index in [1.165, 1.54) is 16.4 Å². The molecule has 40 heavy (non-hydrogen) atoms. The maximum atomic E-state index is 13.9. The Balaban J connectivity index is 1.80. The van der Waals surface area contributed by atoms with Crippen LogP contribution in [0.2, 0.25) is 0 Å². The quantitative estimate of drug-likeness (QED) is 0.190. The highest BCUT2D eigenvalue weighted by Crippen LogP contribution is 2.36. The van der Waals surface area contributed by atoms with Gasteiger partial charge in [0, 0.05) is 31.9 Å². The molecule has 0 amide bonds. The smallest absolute Gasteiger partial charge is 0.283 e. The summed E-state index contributed by atoms with van der Waals surface area (Å²) >= 11 is 6.31. The first kappa shape index (κ1) is 30.0. The molecule has 1 atom stereocenters. The molecule has 0 N–H and O–H groups in total. The van der Waals surface area contributed by atoms with Crippen LogP contribution in [-0.2, 0) is 20.0 Å². The molecule has 1 fully saturated rings. The summed E-state index contributed by atoms with van der Waals surface area (Å²) in [6.07, 6.45) is -0.831. The third kappa shape index (κ3) is 6.20. The molecule has 214 valence electrons. The summed E-state index contributed by atoms with van der Waals surface area (Å²) in [5.74, 6) is -0.126. The van der Waals surface area contributed by atoms with E-state index < -0.39 is 26.2 Å². The Morgan fingerprint density at radius 2 is 1.35 bits per heavy atom. The van der Waals surface area contributed by atoms with Crippen molar-refractivity contribution in [3.63, 3.8) is 0 Å². The molecule has 0 saturated carbocycles. The van der Waals surface area contributed by atoms with Gasteiger partial charge >= 0.3 is 0 Å². The second-order valence-electron chi connectivity index (χ2n) is 9.69. The molecular weight excluding hydrogens is 568 g/mol. The Hall–Kier alpha value is -2.92. The van der Waals surface area contributed by atoms with Crippen molar-refractivity contribution < 1.29 is 16.8 Å². The lowest BCUT2D eigenvalue weighted by molar-refractivity contribution is 0.284. The van der Waals surface area contributed by atoms with E-state index in [0.717, 1.165) is 29.9 Å². The molecule has 1 aliphatic rings. The number of rotatable bonds is 9. The molecule has 8 nitrogen and oxygen atoms in total. The maximum Gasteiger partial charge on any atom is 0.283 e. The van der Waals surface area contributed by atoms with E-state index in [-0.39, 0.29) is 34.6 Å². The molecule has 1 saturated heterocycles. The minimum Gasteiger partial charge on any atom is -0.372 e. The number of hydrogen-bond acceptors (Lipinski definition) is 5. The molecule has 11 heteroatoms. The molecule has 1 heterocycles. The second kappa shape index (κ2) is 12.3. The average molecular weight is 603 g/mol. The predicted molar refractivity (Wildman–Crippen MR) is 161 cm³/mol. The third-order valence-electron chi connectivity index (χ3n) is 7.07. The Kier molecular flexibility index (Phi) is 9.24. The van der Waals surface area contributed by atoms with Gasteiger partial charge in [0.05, 0.1) is 15.7 Å². The number of hydrogen-bond donors (Lipinski definition) is 0. The fourth-order valence-corrected chi connectivity index (χ4v) is 7.71. The first-order valence-corrected chi connectivity index (χ1v) is 16.6. The molecule has 0 spiro atoms. The molecule has 4 rings (SSSR count). The molecule has 3 aromatic carbocycles. The zero-order valence-electron chi connectivity index (χ0n) is 23.2. The van der Waals surface area contributed by atoms with Crippen LogP contribution in [0.15, 0.2) is 87.0 Å². The second-order valence-corrected chi connectivity index (χ2v) is 13.5. The van der Waals surface area contributed by atoms with Crippen molar-refractivity contribution in [2.24, 2.45) is 4.40 Å². The number of halogens is 1. The van der Waals surface area contributed by atoms with Crippen molar-refractivity contribution in [3.8, 4) is 0 Å². The van der Waals surface area contributed by atoms with Crippen LogP contribution in [0.5, 0.6) is 0 Å². The van der Waals surface area contributed by atoms with E-state index in [9.17, 15) is 16.8 Å². The van der Waals surface area contributed by atoms with E-state index in [1.54, 1.807) is 41.3 Å². The summed E-state index contributed by atoms with van der Waals surface area (Å²) in [5, 5.41) is 0. The summed E-state index contributed by atoms with van der Waals surface area (Å²) in [5.41, 5.74) is 3.57. The van der Waals surface area contributed by atoms with Gasteiger partial charge in [-0.05, 0) is 69.7 Å². The van der Waals surface area contributed by atoms with Crippen LogP contribution < -0.4 is 4.90 Å². The molecular formula is C29H35ClN4O4S2. The minimum absolute atomic E-state index is 0.0455. The van der Waals surface area contributed by atoms with E-state index in [1.807, 2.05) is 38.1 Å². The highest BCUT2D eigenvalue weighted by atomic mass is 35.5. The summed E-state index contributed by atoms with van der Waals surface area (Å²) in [4.78, 5) is 4.08. The van der Waals surface area contributed by atoms with Gasteiger partial charge in [0.1, 0.15) is 12.0 Å². The van der Waals surface area contributed by atoms with Crippen LogP contribution in [0.4, 0.5) is 5.69 Å². The molecule has 0 radical (unpaired) electrons. The molecule has 3 aromatic rings. The summed E-state index contributed by atoms with van der Waals surface area (Å²) in [6, 6.07) is 20.8. The van der Waals surface area contributed by atoms with E-state index in [2.05, 4.69) is 23.1 Å². The third-order valence-corrected chi connectivity index (χ3v) is 10.5. The van der Waals surface area contributed by atoms with Gasteiger partial charge in [0.2, 0.25) is 10.0 Å². The van der Waals surface area contributed by atoms with E-state index >= 15 is 0 Å². The zero-order valence-corrected chi connectivity index (χ0v) is 25.5. The SMILES string of the molecule is CCN(CC)c1ccc([C@@H]2N(C(CCl)=NS(=O)(=O)c3ccc(C)cc3)CCN2S(=O)(=O)c2ccc(C)cc2)cc1. The van der Waals surface area contributed by atoms with Crippen molar-refractivity contribution in [2.75, 3.05) is 37.0 Å². The van der Waals surface area contributed by atoms with E-state index in [4.69, 9.17) is 11.6 Å². The van der Waals surface area contributed by atoms with Gasteiger partial charge in [-0.15, -0.1) is 16.0 Å². The Bertz CT molecular complexity index is 1550. The maximum absolute atomic E-state index is 13.9. The van der Waals surface area contributed by atoms with Gasteiger partial charge < -0.3 is 9.80 Å². The lowest BCUT2D eigenvalue weighted by Gasteiger charge is -2.32. The number of nitrogens with zero attached hydrogens (tertiary/aromatic N) is 4. The summed E-state index contributed by atoms with van der Waals surface area (Å²) in [6.45, 7) is 9.94. The van der Waals surface area contributed by atoms with Gasteiger partial charge in [-0.1, -0.05) is 47.5 Å². The fraction of sp³-hybridized carbons (Fsp3) is 0.345. The van der Waals surface area contributed by atoms with Crippen LogP contribution >= 0.6 is 11.6 Å². The molecule has 0 aromatic heterocycles. The van der Waals surface area contributed by atoms with Crippen LogP contribution in [0.3, 0.4) is 0 Å². The largest absolute Gasteiger partial charge is 0.372 e. The molecule has 0 unspecified atom stereocenters. The number of alkyl halides is 1. The first-order chi connectivity index (χ1) is 19.0. The Labute approximate surface area is 243 Å². The van der Waals surface area contributed by atoms with Gasteiger partial charge in [-0.3, -0.25) is 0 Å². The summed E-state index contributed by atoms with van der Waals surface area (Å²) in [7, 11) is -8.01. The van der Waals surface area contributed by atoms with Gasteiger partial charge in [0.25, 0.3) is 10.0 Å². The van der Waals surface area contributed by atoms with Crippen LogP contribution in [-0.4, -0.2) is 63.9 Å². The average Bonchev–Trinajstić information content (AvgIpc) is 3.39. The summed E-state index contributed by atoms with van der Waals surface area (Å²) < 4.78 is 59.7. The van der Waals surface area contributed by atoms with Gasteiger partial charge in [-0.25, -0.2) is 8.42 Å². The topological polar surface area (TPSA) is 90.4 Å². The van der Waals surface area contributed by atoms with Gasteiger partial charge in [0.15, 0.2) is 0 Å². The first-order valence-electron chi connectivity index (χ1n) is 13.2.